The van der Waals surface area contributed by atoms with Crippen LogP contribution in [0.25, 0.3) is 11.7 Å². The summed E-state index contributed by atoms with van der Waals surface area (Å²) in [5, 5.41) is 17.5. The summed E-state index contributed by atoms with van der Waals surface area (Å²) in [6, 6.07) is 0.0433. The van der Waals surface area contributed by atoms with Gasteiger partial charge in [-0.15, -0.1) is 0 Å². The average molecular weight is 374 g/mol. The minimum atomic E-state index is -0.710. The molecule has 1 fully saturated rings. The molecule has 9 nitrogen and oxygen atoms in total. The zero-order valence-corrected chi connectivity index (χ0v) is 15.4. The fourth-order valence-corrected chi connectivity index (χ4v) is 2.78. The highest BCUT2D eigenvalue weighted by molar-refractivity contribution is 5.97. The predicted octanol–water partition coefficient (Wildman–Crippen LogP) is 0.936. The first-order valence-electron chi connectivity index (χ1n) is 8.73. The van der Waals surface area contributed by atoms with E-state index in [-0.39, 0.29) is 17.5 Å². The lowest BCUT2D eigenvalue weighted by molar-refractivity contribution is -0.134. The first-order valence-corrected chi connectivity index (χ1v) is 8.73. The van der Waals surface area contributed by atoms with Gasteiger partial charge in [-0.2, -0.15) is 9.61 Å². The molecule has 27 heavy (non-hydrogen) atoms. The number of esters is 1. The van der Waals surface area contributed by atoms with Crippen molar-refractivity contribution in [2.75, 3.05) is 7.11 Å². The van der Waals surface area contributed by atoms with Gasteiger partial charge < -0.3 is 15.2 Å². The third kappa shape index (κ3) is 3.71. The van der Waals surface area contributed by atoms with Crippen molar-refractivity contribution in [2.45, 2.75) is 39.3 Å². The molecule has 0 bridgehead atoms. The van der Waals surface area contributed by atoms with E-state index in [1.54, 1.807) is 0 Å². The second-order valence-electron chi connectivity index (χ2n) is 6.95. The van der Waals surface area contributed by atoms with E-state index in [0.717, 1.165) is 17.4 Å². The van der Waals surface area contributed by atoms with Crippen LogP contribution in [0, 0.1) is 5.92 Å². The number of carbonyl (C=O) groups excluding carboxylic acids is 2. The number of aromatic nitrogens is 3. The molecule has 9 heteroatoms. The summed E-state index contributed by atoms with van der Waals surface area (Å²) in [5.74, 6) is -1.46. The molecule has 0 spiro atoms. The number of nitrogens with zero attached hydrogens (tertiary/aromatic N) is 3. The van der Waals surface area contributed by atoms with E-state index in [1.165, 1.54) is 30.0 Å². The van der Waals surface area contributed by atoms with E-state index in [9.17, 15) is 19.5 Å². The van der Waals surface area contributed by atoms with Crippen LogP contribution in [0.5, 0.6) is 5.88 Å². The van der Waals surface area contributed by atoms with Crippen LogP contribution in [0.1, 0.15) is 42.6 Å². The number of nitrogens with one attached hydrogen (secondary N) is 1. The minimum Gasteiger partial charge on any atom is -0.494 e. The maximum atomic E-state index is 12.8. The SMILES string of the molecule is COC(=O)/C=C/c1cnn2c(=O)c(C(=O)NC3CC3)c(O)n(CC(C)C)c12. The Balaban J connectivity index is 2.20. The molecule has 0 atom stereocenters. The highest BCUT2D eigenvalue weighted by atomic mass is 16.5. The lowest BCUT2D eigenvalue weighted by Crippen LogP contribution is -2.34. The number of hydrogen-bond donors (Lipinski definition) is 2. The number of ether oxygens (including phenoxy) is 1. The van der Waals surface area contributed by atoms with Crippen LogP contribution in [0.15, 0.2) is 17.1 Å². The maximum Gasteiger partial charge on any atom is 0.330 e. The van der Waals surface area contributed by atoms with Crippen molar-refractivity contribution < 1.29 is 19.4 Å². The first kappa shape index (κ1) is 18.7. The summed E-state index contributed by atoms with van der Waals surface area (Å²) in [5.41, 5.74) is -0.294. The van der Waals surface area contributed by atoms with Crippen molar-refractivity contribution in [3.05, 3.63) is 33.8 Å². The molecule has 1 amide bonds. The third-order valence-corrected chi connectivity index (χ3v) is 4.20. The van der Waals surface area contributed by atoms with E-state index < -0.39 is 23.3 Å². The van der Waals surface area contributed by atoms with Crippen molar-refractivity contribution in [3.63, 3.8) is 0 Å². The van der Waals surface area contributed by atoms with Crippen LogP contribution >= 0.6 is 0 Å². The molecule has 0 aromatic carbocycles. The Bertz CT molecular complexity index is 982. The van der Waals surface area contributed by atoms with Crippen molar-refractivity contribution in [3.8, 4) is 5.88 Å². The summed E-state index contributed by atoms with van der Waals surface area (Å²) >= 11 is 0. The molecule has 2 aromatic heterocycles. The zero-order chi connectivity index (χ0) is 19.7. The summed E-state index contributed by atoms with van der Waals surface area (Å²) in [6.07, 6.45) is 5.77. The van der Waals surface area contributed by atoms with Crippen LogP contribution in [0.2, 0.25) is 0 Å². The largest absolute Gasteiger partial charge is 0.494 e. The summed E-state index contributed by atoms with van der Waals surface area (Å²) in [7, 11) is 1.26. The van der Waals surface area contributed by atoms with Crippen LogP contribution in [0.4, 0.5) is 0 Å². The lowest BCUT2D eigenvalue weighted by atomic mass is 10.2. The van der Waals surface area contributed by atoms with Gasteiger partial charge in [-0.25, -0.2) is 4.79 Å². The van der Waals surface area contributed by atoms with Crippen LogP contribution in [0.3, 0.4) is 0 Å². The fraction of sp³-hybridized carbons (Fsp3) is 0.444. The smallest absolute Gasteiger partial charge is 0.330 e. The first-order chi connectivity index (χ1) is 12.8. The standard InChI is InChI=1S/C18H22N4O5/c1-10(2)9-21-16-11(4-7-13(23)27-3)8-19-22(16)18(26)14(17(21)25)15(24)20-12-5-6-12/h4,7-8,10,12,25H,5-6,9H2,1-3H3,(H,20,24)/b7-4+. The van der Waals surface area contributed by atoms with E-state index in [4.69, 9.17) is 0 Å². The maximum absolute atomic E-state index is 12.8. The molecule has 3 rings (SSSR count). The number of hydrogen-bond acceptors (Lipinski definition) is 6. The normalized spacial score (nSPS) is 14.2. The monoisotopic (exact) mass is 374 g/mol. The van der Waals surface area contributed by atoms with E-state index in [1.807, 2.05) is 13.8 Å². The van der Waals surface area contributed by atoms with Gasteiger partial charge >= 0.3 is 5.97 Å². The van der Waals surface area contributed by atoms with E-state index in [0.29, 0.717) is 17.8 Å². The summed E-state index contributed by atoms with van der Waals surface area (Å²) in [6.45, 7) is 4.24. The van der Waals surface area contributed by atoms with Crippen molar-refractivity contribution in [2.24, 2.45) is 5.92 Å². The highest BCUT2D eigenvalue weighted by Gasteiger charge is 2.29. The number of rotatable bonds is 6. The number of carbonyl (C=O) groups is 2. The Morgan fingerprint density at radius 2 is 2.15 bits per heavy atom. The Morgan fingerprint density at radius 1 is 1.44 bits per heavy atom. The van der Waals surface area contributed by atoms with Crippen LogP contribution in [-0.2, 0) is 16.1 Å². The number of aromatic hydroxyl groups is 1. The molecule has 1 aliphatic rings. The van der Waals surface area contributed by atoms with Crippen LogP contribution < -0.4 is 10.9 Å². The second-order valence-corrected chi connectivity index (χ2v) is 6.95. The average Bonchev–Trinajstić information content (AvgIpc) is 3.32. The molecule has 144 valence electrons. The Hall–Kier alpha value is -3.10. The molecule has 2 aromatic rings. The van der Waals surface area contributed by atoms with Crippen LogP contribution in [-0.4, -0.2) is 44.3 Å². The molecule has 0 unspecified atom stereocenters. The third-order valence-electron chi connectivity index (χ3n) is 4.20. The molecule has 0 aliphatic heterocycles. The summed E-state index contributed by atoms with van der Waals surface area (Å²) < 4.78 is 7.11. The second kappa shape index (κ2) is 7.26. The topological polar surface area (TPSA) is 115 Å². The van der Waals surface area contributed by atoms with Gasteiger partial charge in [-0.3, -0.25) is 14.2 Å². The predicted molar refractivity (Wildman–Crippen MR) is 97.5 cm³/mol. The molecule has 0 saturated heterocycles. The van der Waals surface area contributed by atoms with Gasteiger partial charge in [-0.1, -0.05) is 13.8 Å². The molecular weight excluding hydrogens is 352 g/mol. The van der Waals surface area contributed by atoms with Gasteiger partial charge in [0.25, 0.3) is 11.5 Å². The summed E-state index contributed by atoms with van der Waals surface area (Å²) in [4.78, 5) is 36.7. The van der Waals surface area contributed by atoms with Crippen molar-refractivity contribution >= 4 is 23.6 Å². The van der Waals surface area contributed by atoms with Gasteiger partial charge in [0.2, 0.25) is 5.88 Å². The van der Waals surface area contributed by atoms with Crippen molar-refractivity contribution in [1.29, 1.82) is 0 Å². The van der Waals surface area contributed by atoms with E-state index in [2.05, 4.69) is 15.2 Å². The Morgan fingerprint density at radius 3 is 2.74 bits per heavy atom. The number of fused-ring (bicyclic) bond motifs is 1. The minimum absolute atomic E-state index is 0.0433. The van der Waals surface area contributed by atoms with Gasteiger partial charge in [0.15, 0.2) is 5.56 Å². The van der Waals surface area contributed by atoms with Gasteiger partial charge in [-0.05, 0) is 24.8 Å². The molecule has 2 N–H and O–H groups in total. The van der Waals surface area contributed by atoms with Crippen molar-refractivity contribution in [1.82, 2.24) is 19.5 Å². The quantitative estimate of drug-likeness (QED) is 0.574. The molecule has 1 saturated carbocycles. The number of amides is 1. The Labute approximate surface area is 155 Å². The van der Waals surface area contributed by atoms with Gasteiger partial charge in [0.05, 0.1) is 13.3 Å². The Kier molecular flexibility index (Phi) is 5.02. The number of methoxy groups -OCH3 is 1. The zero-order valence-electron chi connectivity index (χ0n) is 15.4. The fourth-order valence-electron chi connectivity index (χ4n) is 2.78. The lowest BCUT2D eigenvalue weighted by Gasteiger charge is -2.17. The highest BCUT2D eigenvalue weighted by Crippen LogP contribution is 2.24. The molecular formula is C18H22N4O5. The molecule has 1 aliphatic carbocycles. The van der Waals surface area contributed by atoms with Gasteiger partial charge in [0.1, 0.15) is 5.65 Å². The molecule has 0 radical (unpaired) electrons. The van der Waals surface area contributed by atoms with Gasteiger partial charge in [0, 0.05) is 24.2 Å². The molecule has 2 heterocycles. The van der Waals surface area contributed by atoms with E-state index >= 15 is 0 Å².